The van der Waals surface area contributed by atoms with Gasteiger partial charge in [-0.2, -0.15) is 4.98 Å². The first-order valence-electron chi connectivity index (χ1n) is 7.88. The number of ether oxygens (including phenoxy) is 2. The Balaban J connectivity index is 1.96. The smallest absolute Gasteiger partial charge is 0.338 e. The lowest BCUT2D eigenvalue weighted by atomic mass is 10.1. The zero-order valence-corrected chi connectivity index (χ0v) is 14.2. The van der Waals surface area contributed by atoms with Crippen LogP contribution in [-0.2, 0) is 4.74 Å². The number of aromatic nitrogens is 2. The molecule has 0 spiro atoms. The lowest BCUT2D eigenvalue weighted by molar-refractivity contribution is 0.0600. The van der Waals surface area contributed by atoms with Crippen molar-refractivity contribution >= 4 is 17.8 Å². The second-order valence-corrected chi connectivity index (χ2v) is 5.33. The molecule has 0 bridgehead atoms. The molecule has 0 amide bonds. The van der Waals surface area contributed by atoms with Crippen molar-refractivity contribution in [3.63, 3.8) is 0 Å². The molecular weight excluding hydrogens is 334 g/mol. The van der Waals surface area contributed by atoms with Gasteiger partial charge in [0.1, 0.15) is 12.4 Å². The van der Waals surface area contributed by atoms with Gasteiger partial charge >= 0.3 is 5.97 Å². The molecule has 1 aliphatic rings. The zero-order chi connectivity index (χ0) is 18.4. The lowest BCUT2D eigenvalue weighted by Gasteiger charge is -2.07. The summed E-state index contributed by atoms with van der Waals surface area (Å²) in [5.41, 5.74) is 1.71. The van der Waals surface area contributed by atoms with Gasteiger partial charge in [-0.25, -0.2) is 4.79 Å². The number of allylic oxidation sites excluding steroid dienone is 3. The van der Waals surface area contributed by atoms with E-state index < -0.39 is 5.97 Å². The number of benzene rings is 1. The third kappa shape index (κ3) is 3.94. The molecule has 1 aromatic carbocycles. The molecule has 3 rings (SSSR count). The average molecular weight is 351 g/mol. The first-order valence-corrected chi connectivity index (χ1v) is 7.88. The minimum absolute atomic E-state index is 0.271. The summed E-state index contributed by atoms with van der Waals surface area (Å²) in [6.07, 6.45) is 8.90. The molecule has 0 saturated heterocycles. The van der Waals surface area contributed by atoms with Crippen molar-refractivity contribution in [2.24, 2.45) is 4.99 Å². The van der Waals surface area contributed by atoms with Gasteiger partial charge in [0.15, 0.2) is 0 Å². The Hall–Kier alpha value is -3.48. The van der Waals surface area contributed by atoms with Crippen LogP contribution in [-0.4, -0.2) is 42.6 Å². The summed E-state index contributed by atoms with van der Waals surface area (Å²) in [5, 5.41) is 4.01. The van der Waals surface area contributed by atoms with Gasteiger partial charge in [-0.05, 0) is 24.3 Å². The molecule has 0 aliphatic carbocycles. The highest BCUT2D eigenvalue weighted by atomic mass is 16.5. The largest absolute Gasteiger partial charge is 0.490 e. The van der Waals surface area contributed by atoms with Crippen LogP contribution in [0, 0.1) is 0 Å². The molecule has 2 heterocycles. The van der Waals surface area contributed by atoms with Gasteiger partial charge in [0.2, 0.25) is 5.82 Å². The molecule has 2 aromatic rings. The first kappa shape index (κ1) is 17.3. The number of methoxy groups -OCH3 is 1. The number of hydrogen-bond donors (Lipinski definition) is 0. The van der Waals surface area contributed by atoms with Crippen LogP contribution < -0.4 is 4.74 Å². The maximum atomic E-state index is 11.9. The Bertz CT molecular complexity index is 909. The third-order valence-electron chi connectivity index (χ3n) is 3.52. The summed E-state index contributed by atoms with van der Waals surface area (Å²) in [6.45, 7) is 4.37. The molecule has 132 valence electrons. The molecule has 0 radical (unpaired) electrons. The van der Waals surface area contributed by atoms with Crippen molar-refractivity contribution in [1.29, 1.82) is 0 Å². The van der Waals surface area contributed by atoms with Crippen LogP contribution in [0.3, 0.4) is 0 Å². The summed E-state index contributed by atoms with van der Waals surface area (Å²) < 4.78 is 15.7. The minimum Gasteiger partial charge on any atom is -0.490 e. The maximum Gasteiger partial charge on any atom is 0.338 e. The Morgan fingerprint density at radius 1 is 1.35 bits per heavy atom. The van der Waals surface area contributed by atoms with Crippen molar-refractivity contribution in [2.45, 2.75) is 0 Å². The van der Waals surface area contributed by atoms with Crippen LogP contribution in [0.15, 0.2) is 58.6 Å². The van der Waals surface area contributed by atoms with E-state index in [-0.39, 0.29) is 5.89 Å². The highest BCUT2D eigenvalue weighted by Gasteiger charge is 2.16. The molecule has 7 heteroatoms. The molecule has 26 heavy (non-hydrogen) atoms. The van der Waals surface area contributed by atoms with E-state index in [1.165, 1.54) is 7.11 Å². The van der Waals surface area contributed by atoms with Crippen molar-refractivity contribution in [1.82, 2.24) is 10.1 Å². The van der Waals surface area contributed by atoms with Crippen molar-refractivity contribution in [3.8, 4) is 17.2 Å². The number of rotatable bonds is 6. The van der Waals surface area contributed by atoms with Gasteiger partial charge < -0.3 is 14.0 Å². The fraction of sp³-hybridized carbons (Fsp3) is 0.158. The van der Waals surface area contributed by atoms with Crippen LogP contribution in [0.25, 0.3) is 17.0 Å². The number of carbonyl (C=O) groups excluding carboxylic acids is 1. The van der Waals surface area contributed by atoms with E-state index >= 15 is 0 Å². The van der Waals surface area contributed by atoms with Crippen LogP contribution in [0.5, 0.6) is 5.75 Å². The summed E-state index contributed by atoms with van der Waals surface area (Å²) >= 11 is 0. The molecule has 1 aliphatic heterocycles. The van der Waals surface area contributed by atoms with Gasteiger partial charge in [0.25, 0.3) is 5.89 Å². The quantitative estimate of drug-likeness (QED) is 0.587. The Labute approximate surface area is 150 Å². The molecule has 7 nitrogen and oxygen atoms in total. The zero-order valence-electron chi connectivity index (χ0n) is 14.2. The standard InChI is InChI=1S/C19H17N3O4/c1-3-8-25-16-10-14(9-15(11-16)19(23)24-2)18-21-17(22-26-18)13-6-4-5-7-20-12-13/h3-7,9-11H,1,8,12H2,2H3. The number of esters is 1. The molecule has 0 saturated carbocycles. The molecule has 0 fully saturated rings. The van der Waals surface area contributed by atoms with E-state index in [9.17, 15) is 4.79 Å². The fourth-order valence-corrected chi connectivity index (χ4v) is 2.30. The molecule has 1 aromatic heterocycles. The van der Waals surface area contributed by atoms with Gasteiger partial charge in [-0.15, -0.1) is 0 Å². The third-order valence-corrected chi connectivity index (χ3v) is 3.52. The fourth-order valence-electron chi connectivity index (χ4n) is 2.30. The summed E-state index contributed by atoms with van der Waals surface area (Å²) in [5.74, 6) is 0.706. The SMILES string of the molecule is C=CCOc1cc(C(=O)OC)cc(-c2nc(C3=CC=CC=NC3)no2)c1. The van der Waals surface area contributed by atoms with Crippen LogP contribution in [0.1, 0.15) is 16.2 Å². The van der Waals surface area contributed by atoms with E-state index in [1.807, 2.05) is 18.2 Å². The molecule has 0 N–H and O–H groups in total. The Morgan fingerprint density at radius 2 is 2.23 bits per heavy atom. The van der Waals surface area contributed by atoms with E-state index in [0.717, 1.165) is 5.57 Å². The lowest BCUT2D eigenvalue weighted by Crippen LogP contribution is -2.03. The Morgan fingerprint density at radius 3 is 3.04 bits per heavy atom. The number of nitrogens with zero attached hydrogens (tertiary/aromatic N) is 3. The van der Waals surface area contributed by atoms with Crippen LogP contribution >= 0.6 is 0 Å². The van der Waals surface area contributed by atoms with Crippen LogP contribution in [0.2, 0.25) is 0 Å². The number of hydrogen-bond acceptors (Lipinski definition) is 7. The monoisotopic (exact) mass is 351 g/mol. The molecule has 0 unspecified atom stereocenters. The van der Waals surface area contributed by atoms with E-state index in [1.54, 1.807) is 30.5 Å². The van der Waals surface area contributed by atoms with Crippen molar-refractivity contribution in [2.75, 3.05) is 20.3 Å². The van der Waals surface area contributed by atoms with Gasteiger partial charge in [0.05, 0.1) is 19.2 Å². The van der Waals surface area contributed by atoms with Gasteiger partial charge in [0, 0.05) is 17.4 Å². The highest BCUT2D eigenvalue weighted by Crippen LogP contribution is 2.27. The Kier molecular flexibility index (Phi) is 5.38. The summed E-state index contributed by atoms with van der Waals surface area (Å²) in [7, 11) is 1.32. The predicted molar refractivity (Wildman–Crippen MR) is 97.2 cm³/mol. The van der Waals surface area contributed by atoms with Gasteiger partial charge in [-0.3, -0.25) is 4.99 Å². The molecular formula is C19H17N3O4. The van der Waals surface area contributed by atoms with Crippen molar-refractivity contribution < 1.29 is 18.8 Å². The van der Waals surface area contributed by atoms with E-state index in [4.69, 9.17) is 14.0 Å². The minimum atomic E-state index is -0.485. The second-order valence-electron chi connectivity index (χ2n) is 5.33. The predicted octanol–water partition coefficient (Wildman–Crippen LogP) is 3.11. The summed E-state index contributed by atoms with van der Waals surface area (Å²) in [4.78, 5) is 20.5. The van der Waals surface area contributed by atoms with E-state index in [0.29, 0.717) is 35.9 Å². The normalized spacial score (nSPS) is 13.0. The topological polar surface area (TPSA) is 86.8 Å². The number of carbonyl (C=O) groups is 1. The van der Waals surface area contributed by atoms with Crippen molar-refractivity contribution in [3.05, 3.63) is 60.5 Å². The van der Waals surface area contributed by atoms with E-state index in [2.05, 4.69) is 21.7 Å². The maximum absolute atomic E-state index is 11.9. The van der Waals surface area contributed by atoms with Gasteiger partial charge in [-0.1, -0.05) is 30.0 Å². The second kappa shape index (κ2) is 8.06. The number of aliphatic imine (C=N–C) groups is 1. The highest BCUT2D eigenvalue weighted by molar-refractivity contribution is 5.91. The molecule has 0 atom stereocenters. The first-order chi connectivity index (χ1) is 12.7. The summed E-state index contributed by atoms with van der Waals surface area (Å²) in [6, 6.07) is 4.92. The average Bonchev–Trinajstić information content (AvgIpc) is 3.01. The van der Waals surface area contributed by atoms with Crippen LogP contribution in [0.4, 0.5) is 0 Å².